The Morgan fingerprint density at radius 1 is 1.20 bits per heavy atom. The Labute approximate surface area is 123 Å². The summed E-state index contributed by atoms with van der Waals surface area (Å²) in [6, 6.07) is 6.34. The first kappa shape index (κ1) is 13.2. The molecule has 0 radical (unpaired) electrons. The third kappa shape index (κ3) is 2.43. The van der Waals surface area contributed by atoms with Crippen LogP contribution in [0, 0.1) is 0 Å². The largest absolute Gasteiger partial charge is 0.490 e. The smallest absolute Gasteiger partial charge is 0.199 e. The number of methoxy groups -OCH3 is 1. The average Bonchev–Trinajstić information content (AvgIpc) is 2.48. The molecule has 0 atom stereocenters. The maximum Gasteiger partial charge on any atom is 0.199 e. The maximum atomic E-state index is 6.02. The summed E-state index contributed by atoms with van der Waals surface area (Å²) in [7, 11) is 1.57. The number of nitrogens with zero attached hydrogens (tertiary/aromatic N) is 2. The van der Waals surface area contributed by atoms with Gasteiger partial charge in [0, 0.05) is 5.69 Å². The number of aryl methyl sites for hydroxylation is 1. The van der Waals surface area contributed by atoms with E-state index in [1.807, 2.05) is 0 Å². The lowest BCUT2D eigenvalue weighted by atomic mass is 9.90. The number of hydrogen-bond acceptors (Lipinski definition) is 4. The molecule has 4 nitrogen and oxygen atoms in total. The summed E-state index contributed by atoms with van der Waals surface area (Å²) in [6.07, 6.45) is 6.17. The molecule has 0 bridgehead atoms. The Hall–Kier alpha value is -1.81. The van der Waals surface area contributed by atoms with Crippen molar-refractivity contribution >= 4 is 23.1 Å². The van der Waals surface area contributed by atoms with E-state index in [-0.39, 0.29) is 0 Å². The molecule has 1 aromatic heterocycles. The molecule has 1 aliphatic carbocycles. The monoisotopic (exact) mass is 289 g/mol. The highest BCUT2D eigenvalue weighted by molar-refractivity contribution is 6.31. The molecule has 0 spiro atoms. The van der Waals surface area contributed by atoms with E-state index in [9.17, 15) is 0 Å². The highest BCUT2D eigenvalue weighted by atomic mass is 35.5. The summed E-state index contributed by atoms with van der Waals surface area (Å²) in [5.41, 5.74) is 3.87. The van der Waals surface area contributed by atoms with Crippen LogP contribution in [-0.4, -0.2) is 17.1 Å². The molecule has 5 heteroatoms. The van der Waals surface area contributed by atoms with Gasteiger partial charge >= 0.3 is 0 Å². The van der Waals surface area contributed by atoms with E-state index >= 15 is 0 Å². The van der Waals surface area contributed by atoms with Gasteiger partial charge in [0.15, 0.2) is 16.7 Å². The number of anilines is 2. The van der Waals surface area contributed by atoms with Gasteiger partial charge in [-0.25, -0.2) is 9.97 Å². The van der Waals surface area contributed by atoms with Crippen molar-refractivity contribution in [1.29, 1.82) is 0 Å². The molecule has 1 aliphatic rings. The lowest BCUT2D eigenvalue weighted by Crippen LogP contribution is -2.07. The number of fused-ring (bicyclic) bond motifs is 1. The molecule has 0 aliphatic heterocycles. The van der Waals surface area contributed by atoms with Gasteiger partial charge in [-0.15, -0.1) is 0 Å². The molecule has 1 N–H and O–H groups in total. The number of benzene rings is 1. The quantitative estimate of drug-likeness (QED) is 0.874. The number of hydrogen-bond donors (Lipinski definition) is 1. The fourth-order valence-corrected chi connectivity index (χ4v) is 2.86. The van der Waals surface area contributed by atoms with Crippen LogP contribution in [0.25, 0.3) is 0 Å². The van der Waals surface area contributed by atoms with E-state index in [0.717, 1.165) is 18.5 Å². The van der Waals surface area contributed by atoms with Gasteiger partial charge in [0.1, 0.15) is 6.33 Å². The molecule has 0 amide bonds. The van der Waals surface area contributed by atoms with E-state index < -0.39 is 0 Å². The Morgan fingerprint density at radius 2 is 2.05 bits per heavy atom. The van der Waals surface area contributed by atoms with Gasteiger partial charge in [-0.2, -0.15) is 0 Å². The van der Waals surface area contributed by atoms with Gasteiger partial charge in [-0.3, -0.25) is 0 Å². The summed E-state index contributed by atoms with van der Waals surface area (Å²) in [5, 5.41) is 3.65. The lowest BCUT2D eigenvalue weighted by Gasteiger charge is -2.20. The zero-order valence-electron chi connectivity index (χ0n) is 11.3. The third-order valence-electron chi connectivity index (χ3n) is 3.61. The van der Waals surface area contributed by atoms with E-state index in [1.54, 1.807) is 7.11 Å². The summed E-state index contributed by atoms with van der Waals surface area (Å²) in [6.45, 7) is 0. The topological polar surface area (TPSA) is 47.0 Å². The lowest BCUT2D eigenvalue weighted by molar-refractivity contribution is 0.413. The summed E-state index contributed by atoms with van der Waals surface area (Å²) < 4.78 is 5.27. The normalized spacial score (nSPS) is 13.7. The van der Waals surface area contributed by atoms with Crippen molar-refractivity contribution in [2.24, 2.45) is 0 Å². The Morgan fingerprint density at radius 3 is 2.90 bits per heavy atom. The summed E-state index contributed by atoms with van der Waals surface area (Å²) in [5.74, 6) is 1.08. The molecular weight excluding hydrogens is 274 g/mol. The maximum absolute atomic E-state index is 6.02. The minimum atomic E-state index is 0.315. The number of nitrogens with one attached hydrogen (secondary N) is 1. The van der Waals surface area contributed by atoms with Crippen molar-refractivity contribution in [3.05, 3.63) is 40.8 Å². The first-order valence-electron chi connectivity index (χ1n) is 6.72. The van der Waals surface area contributed by atoms with Gasteiger partial charge < -0.3 is 10.1 Å². The van der Waals surface area contributed by atoms with Crippen LogP contribution in [0.4, 0.5) is 11.5 Å². The second kappa shape index (κ2) is 5.67. The molecule has 0 fully saturated rings. The number of rotatable bonds is 3. The molecule has 0 saturated carbocycles. The standard InChI is InChI=1S/C15H16ClN3O/c1-20-13-14(16)17-9-18-15(13)19-12-8-4-6-10-5-2-3-7-11(10)12/h4,6,8-9H,2-3,5,7H2,1H3,(H,17,18,19). The van der Waals surface area contributed by atoms with Crippen molar-refractivity contribution < 1.29 is 4.74 Å². The van der Waals surface area contributed by atoms with Gasteiger partial charge in [0.25, 0.3) is 0 Å². The predicted molar refractivity (Wildman–Crippen MR) is 80.0 cm³/mol. The van der Waals surface area contributed by atoms with Crippen LogP contribution in [0.1, 0.15) is 24.0 Å². The van der Waals surface area contributed by atoms with Gasteiger partial charge in [0.2, 0.25) is 0 Å². The van der Waals surface area contributed by atoms with E-state index in [2.05, 4.69) is 33.5 Å². The minimum absolute atomic E-state index is 0.315. The number of halogens is 1. The molecule has 20 heavy (non-hydrogen) atoms. The second-order valence-electron chi connectivity index (χ2n) is 4.82. The predicted octanol–water partition coefficient (Wildman–Crippen LogP) is 3.76. The molecule has 0 unspecified atom stereocenters. The fraction of sp³-hybridized carbons (Fsp3) is 0.333. The van der Waals surface area contributed by atoms with Gasteiger partial charge in [-0.05, 0) is 42.9 Å². The highest BCUT2D eigenvalue weighted by Crippen LogP contribution is 2.34. The summed E-state index contributed by atoms with van der Waals surface area (Å²) in [4.78, 5) is 8.15. The highest BCUT2D eigenvalue weighted by Gasteiger charge is 2.16. The van der Waals surface area contributed by atoms with Crippen molar-refractivity contribution in [3.63, 3.8) is 0 Å². The van der Waals surface area contributed by atoms with E-state index in [0.29, 0.717) is 16.7 Å². The minimum Gasteiger partial charge on any atom is -0.490 e. The van der Waals surface area contributed by atoms with Crippen LogP contribution >= 0.6 is 11.6 Å². The zero-order valence-corrected chi connectivity index (χ0v) is 12.1. The number of aromatic nitrogens is 2. The van der Waals surface area contributed by atoms with Crippen LogP contribution in [0.3, 0.4) is 0 Å². The van der Waals surface area contributed by atoms with Crippen molar-refractivity contribution in [1.82, 2.24) is 9.97 Å². The molecule has 1 aromatic carbocycles. The fourth-order valence-electron chi connectivity index (χ4n) is 2.65. The first-order chi connectivity index (χ1) is 9.79. The van der Waals surface area contributed by atoms with Crippen LogP contribution in [-0.2, 0) is 12.8 Å². The van der Waals surface area contributed by atoms with E-state index in [1.165, 1.54) is 30.3 Å². The van der Waals surface area contributed by atoms with Crippen molar-refractivity contribution in [2.75, 3.05) is 12.4 Å². The summed E-state index contributed by atoms with van der Waals surface area (Å²) >= 11 is 6.02. The number of ether oxygens (including phenoxy) is 1. The van der Waals surface area contributed by atoms with Gasteiger partial charge in [0.05, 0.1) is 7.11 Å². The van der Waals surface area contributed by atoms with Crippen LogP contribution in [0.2, 0.25) is 5.15 Å². The van der Waals surface area contributed by atoms with Gasteiger partial charge in [-0.1, -0.05) is 23.7 Å². The Kier molecular flexibility index (Phi) is 3.74. The van der Waals surface area contributed by atoms with Crippen LogP contribution in [0.5, 0.6) is 5.75 Å². The first-order valence-corrected chi connectivity index (χ1v) is 7.09. The van der Waals surface area contributed by atoms with Crippen LogP contribution in [0.15, 0.2) is 24.5 Å². The molecule has 3 rings (SSSR count). The SMILES string of the molecule is COc1c(Cl)ncnc1Nc1cccc2c1CCCC2. The van der Waals surface area contributed by atoms with E-state index in [4.69, 9.17) is 16.3 Å². The Bertz CT molecular complexity index is 631. The molecule has 104 valence electrons. The van der Waals surface area contributed by atoms with Crippen LogP contribution < -0.4 is 10.1 Å². The molecule has 1 heterocycles. The molecular formula is C15H16ClN3O. The van der Waals surface area contributed by atoms with Crippen molar-refractivity contribution in [3.8, 4) is 5.75 Å². The van der Waals surface area contributed by atoms with Crippen molar-refractivity contribution in [2.45, 2.75) is 25.7 Å². The average molecular weight is 290 g/mol. The zero-order chi connectivity index (χ0) is 13.9. The molecule has 0 saturated heterocycles. The third-order valence-corrected chi connectivity index (χ3v) is 3.88. The molecule has 2 aromatic rings. The second-order valence-corrected chi connectivity index (χ2v) is 5.18. The Balaban J connectivity index is 1.98.